The van der Waals surface area contributed by atoms with E-state index in [1.165, 1.54) is 0 Å². The summed E-state index contributed by atoms with van der Waals surface area (Å²) < 4.78 is 0. The molecule has 0 saturated heterocycles. The molecular formula is C7H12O. The molecule has 1 atom stereocenters. The van der Waals surface area contributed by atoms with Crippen molar-refractivity contribution in [2.24, 2.45) is 5.92 Å². The first-order valence-electron chi connectivity index (χ1n) is 2.82. The molecule has 0 aliphatic heterocycles. The largest absolute Gasteiger partial charge is 0.381 e. The van der Waals surface area contributed by atoms with Gasteiger partial charge in [-0.25, -0.2) is 0 Å². The number of hydrogen-bond acceptors (Lipinski definition) is 1. The zero-order valence-corrected chi connectivity index (χ0v) is 5.60. The molecule has 1 unspecified atom stereocenters. The maximum absolute atomic E-state index is 8.63. The van der Waals surface area contributed by atoms with Crippen LogP contribution in [0.1, 0.15) is 20.8 Å². The van der Waals surface area contributed by atoms with E-state index in [-0.39, 0.29) is 0 Å². The van der Waals surface area contributed by atoms with Crippen LogP contribution >= 0.6 is 0 Å². The molecule has 46 valence electrons. The van der Waals surface area contributed by atoms with Gasteiger partial charge < -0.3 is 5.11 Å². The van der Waals surface area contributed by atoms with Crippen molar-refractivity contribution in [3.63, 3.8) is 0 Å². The SMILES string of the molecule is CC(C)C#CC(C)O. The summed E-state index contributed by atoms with van der Waals surface area (Å²) in [6.45, 7) is 5.65. The van der Waals surface area contributed by atoms with Crippen molar-refractivity contribution in [3.05, 3.63) is 0 Å². The summed E-state index contributed by atoms with van der Waals surface area (Å²) in [7, 11) is 0. The molecule has 1 nitrogen and oxygen atoms in total. The molecule has 0 aromatic carbocycles. The second-order valence-electron chi connectivity index (χ2n) is 2.12. The molecule has 0 bridgehead atoms. The Morgan fingerprint density at radius 1 is 1.12 bits per heavy atom. The van der Waals surface area contributed by atoms with Gasteiger partial charge in [-0.15, -0.1) is 0 Å². The highest BCUT2D eigenvalue weighted by atomic mass is 16.3. The Kier molecular flexibility index (Phi) is 3.30. The summed E-state index contributed by atoms with van der Waals surface area (Å²) in [4.78, 5) is 0. The van der Waals surface area contributed by atoms with Crippen LogP contribution in [0.25, 0.3) is 0 Å². The van der Waals surface area contributed by atoms with Crippen LogP contribution in [0.5, 0.6) is 0 Å². The van der Waals surface area contributed by atoms with Crippen LogP contribution in [-0.4, -0.2) is 11.2 Å². The maximum atomic E-state index is 8.63. The van der Waals surface area contributed by atoms with Crippen molar-refractivity contribution < 1.29 is 5.11 Å². The highest BCUT2D eigenvalue weighted by Gasteiger charge is 1.84. The lowest BCUT2D eigenvalue weighted by atomic mass is 10.2. The van der Waals surface area contributed by atoms with E-state index in [2.05, 4.69) is 11.8 Å². The lowest BCUT2D eigenvalue weighted by molar-refractivity contribution is 0.253. The zero-order chi connectivity index (χ0) is 6.57. The van der Waals surface area contributed by atoms with E-state index in [9.17, 15) is 0 Å². The Bertz CT molecular complexity index is 91.3. The van der Waals surface area contributed by atoms with Gasteiger partial charge in [0.15, 0.2) is 0 Å². The Labute approximate surface area is 50.7 Å². The van der Waals surface area contributed by atoms with Crippen molar-refractivity contribution in [2.75, 3.05) is 0 Å². The third-order valence-corrected chi connectivity index (χ3v) is 0.581. The van der Waals surface area contributed by atoms with E-state index in [0.717, 1.165) is 0 Å². The summed E-state index contributed by atoms with van der Waals surface area (Å²) >= 11 is 0. The first kappa shape index (κ1) is 7.52. The van der Waals surface area contributed by atoms with Gasteiger partial charge in [0.25, 0.3) is 0 Å². The molecule has 0 heterocycles. The minimum Gasteiger partial charge on any atom is -0.381 e. The topological polar surface area (TPSA) is 20.2 Å². The van der Waals surface area contributed by atoms with Crippen LogP contribution in [0.3, 0.4) is 0 Å². The highest BCUT2D eigenvalue weighted by Crippen LogP contribution is 1.86. The molecule has 0 aliphatic rings. The molecule has 0 rings (SSSR count). The van der Waals surface area contributed by atoms with Gasteiger partial charge in [-0.05, 0) is 6.92 Å². The second-order valence-corrected chi connectivity index (χ2v) is 2.12. The Balaban J connectivity index is 3.50. The van der Waals surface area contributed by atoms with Crippen molar-refractivity contribution in [1.29, 1.82) is 0 Å². The first-order chi connectivity index (χ1) is 3.63. The van der Waals surface area contributed by atoms with Crippen molar-refractivity contribution in [2.45, 2.75) is 26.9 Å². The lowest BCUT2D eigenvalue weighted by Gasteiger charge is -1.89. The molecule has 0 saturated carbocycles. The standard InChI is InChI=1S/C7H12O/c1-6(2)4-5-7(3)8/h6-8H,1-3H3. The average Bonchev–Trinajstić information content (AvgIpc) is 1.61. The van der Waals surface area contributed by atoms with E-state index >= 15 is 0 Å². The van der Waals surface area contributed by atoms with E-state index < -0.39 is 6.10 Å². The number of hydrogen-bond donors (Lipinski definition) is 1. The molecule has 0 amide bonds. The van der Waals surface area contributed by atoms with Crippen LogP contribution in [0, 0.1) is 17.8 Å². The molecule has 0 aromatic heterocycles. The summed E-state index contributed by atoms with van der Waals surface area (Å²) in [6, 6.07) is 0. The van der Waals surface area contributed by atoms with Gasteiger partial charge >= 0.3 is 0 Å². The van der Waals surface area contributed by atoms with Gasteiger partial charge in [-0.1, -0.05) is 25.7 Å². The number of aliphatic hydroxyl groups is 1. The predicted octanol–water partition coefficient (Wildman–Crippen LogP) is 1.03. The lowest BCUT2D eigenvalue weighted by Crippen LogP contribution is -1.93. The first-order valence-corrected chi connectivity index (χ1v) is 2.82. The van der Waals surface area contributed by atoms with Gasteiger partial charge in [0.05, 0.1) is 0 Å². The third-order valence-electron chi connectivity index (χ3n) is 0.581. The molecule has 0 aromatic rings. The van der Waals surface area contributed by atoms with Gasteiger partial charge in [-0.3, -0.25) is 0 Å². The van der Waals surface area contributed by atoms with Crippen LogP contribution in [0.4, 0.5) is 0 Å². The normalized spacial score (nSPS) is 12.6. The molecule has 1 N–H and O–H groups in total. The molecule has 0 spiro atoms. The van der Waals surface area contributed by atoms with Gasteiger partial charge in [0.1, 0.15) is 6.10 Å². The fourth-order valence-electron chi connectivity index (χ4n) is 0.287. The van der Waals surface area contributed by atoms with Gasteiger partial charge in [0.2, 0.25) is 0 Å². The molecule has 1 heteroatoms. The summed E-state index contributed by atoms with van der Waals surface area (Å²) in [5.41, 5.74) is 0. The van der Waals surface area contributed by atoms with Crippen LogP contribution in [0.2, 0.25) is 0 Å². The molecule has 0 aliphatic carbocycles. The zero-order valence-electron chi connectivity index (χ0n) is 5.60. The Morgan fingerprint density at radius 3 is 1.75 bits per heavy atom. The monoisotopic (exact) mass is 112 g/mol. The summed E-state index contributed by atoms with van der Waals surface area (Å²) in [6.07, 6.45) is -0.475. The Morgan fingerprint density at radius 2 is 1.62 bits per heavy atom. The maximum Gasteiger partial charge on any atom is 0.111 e. The molecule has 8 heavy (non-hydrogen) atoms. The fraction of sp³-hybridized carbons (Fsp3) is 0.714. The fourth-order valence-corrected chi connectivity index (χ4v) is 0.287. The summed E-state index contributed by atoms with van der Waals surface area (Å²) in [5, 5.41) is 8.63. The quantitative estimate of drug-likeness (QED) is 0.464. The molecule has 0 fully saturated rings. The van der Waals surface area contributed by atoms with Crippen LogP contribution in [-0.2, 0) is 0 Å². The third kappa shape index (κ3) is 5.52. The smallest absolute Gasteiger partial charge is 0.111 e. The number of aliphatic hydroxyl groups excluding tert-OH is 1. The Hall–Kier alpha value is -0.480. The second kappa shape index (κ2) is 3.51. The highest BCUT2D eigenvalue weighted by molar-refractivity contribution is 5.04. The van der Waals surface area contributed by atoms with E-state index in [0.29, 0.717) is 5.92 Å². The van der Waals surface area contributed by atoms with E-state index in [1.807, 2.05) is 13.8 Å². The van der Waals surface area contributed by atoms with E-state index in [4.69, 9.17) is 5.11 Å². The molecular weight excluding hydrogens is 100 g/mol. The van der Waals surface area contributed by atoms with Crippen molar-refractivity contribution in [1.82, 2.24) is 0 Å². The number of rotatable bonds is 0. The van der Waals surface area contributed by atoms with Crippen molar-refractivity contribution >= 4 is 0 Å². The van der Waals surface area contributed by atoms with Crippen molar-refractivity contribution in [3.8, 4) is 11.8 Å². The minimum absolute atomic E-state index is 0.365. The summed E-state index contributed by atoms with van der Waals surface area (Å²) in [5.74, 6) is 5.86. The minimum atomic E-state index is -0.475. The van der Waals surface area contributed by atoms with Gasteiger partial charge in [0, 0.05) is 5.92 Å². The van der Waals surface area contributed by atoms with Gasteiger partial charge in [-0.2, -0.15) is 0 Å². The van der Waals surface area contributed by atoms with E-state index in [1.54, 1.807) is 6.92 Å². The predicted molar refractivity (Wildman–Crippen MR) is 34.3 cm³/mol. The average molecular weight is 112 g/mol. The van der Waals surface area contributed by atoms with Crippen LogP contribution < -0.4 is 0 Å². The van der Waals surface area contributed by atoms with Crippen LogP contribution in [0.15, 0.2) is 0 Å². The molecule has 0 radical (unpaired) electrons.